The van der Waals surface area contributed by atoms with Gasteiger partial charge in [0.1, 0.15) is 13.1 Å². The predicted octanol–water partition coefficient (Wildman–Crippen LogP) is 3.97. The summed E-state index contributed by atoms with van der Waals surface area (Å²) < 4.78 is 0.405. The third-order valence-corrected chi connectivity index (χ3v) is 4.71. The van der Waals surface area contributed by atoms with E-state index in [9.17, 15) is 0 Å². The molecule has 1 N–H and O–H groups in total. The van der Waals surface area contributed by atoms with Gasteiger partial charge in [-0.1, -0.05) is 34.4 Å². The van der Waals surface area contributed by atoms with Gasteiger partial charge in [0.05, 0.1) is 16.1 Å². The molecular weight excluding hydrogens is 321 g/mol. The first kappa shape index (κ1) is 15.4. The van der Waals surface area contributed by atoms with Crippen molar-refractivity contribution in [3.63, 3.8) is 0 Å². The number of piperidine rings is 1. The van der Waals surface area contributed by atoms with Crippen molar-refractivity contribution in [3.05, 3.63) is 33.8 Å². The lowest BCUT2D eigenvalue weighted by Crippen LogP contribution is -2.49. The summed E-state index contributed by atoms with van der Waals surface area (Å²) in [6, 6.07) is 7.63. The molecule has 0 unspecified atom stereocenters. The van der Waals surface area contributed by atoms with Gasteiger partial charge in [-0.15, -0.1) is 9.58 Å². The first-order valence-electron chi connectivity index (χ1n) is 7.25. The highest BCUT2D eigenvalue weighted by atomic mass is 35.5. The molecule has 7 heteroatoms. The van der Waals surface area contributed by atoms with Gasteiger partial charge >= 0.3 is 5.96 Å². The minimum absolute atomic E-state index is 0.405. The van der Waals surface area contributed by atoms with Crippen LogP contribution in [0, 0.1) is 5.41 Å². The molecule has 22 heavy (non-hydrogen) atoms. The van der Waals surface area contributed by atoms with Crippen LogP contribution in [0.5, 0.6) is 0 Å². The zero-order chi connectivity index (χ0) is 15.6. The van der Waals surface area contributed by atoms with Gasteiger partial charge in [-0.25, -0.2) is 5.41 Å². The molecule has 3 rings (SSSR count). The lowest BCUT2D eigenvalue weighted by atomic mass is 10.1. The Kier molecular flexibility index (Phi) is 4.41. The maximum Gasteiger partial charge on any atom is 0.367 e. The van der Waals surface area contributed by atoms with Crippen LogP contribution in [-0.2, 0) is 6.42 Å². The summed E-state index contributed by atoms with van der Waals surface area (Å²) in [5.41, 5.74) is 1.01. The molecule has 5 nitrogen and oxygen atoms in total. The van der Waals surface area contributed by atoms with E-state index in [1.165, 1.54) is 6.42 Å². The number of hydrogen-bond donors (Lipinski definition) is 1. The Balaban J connectivity index is 1.88. The smallest absolute Gasteiger partial charge is 0.241 e. The van der Waals surface area contributed by atoms with Crippen LogP contribution in [0.2, 0.25) is 10.0 Å². The Morgan fingerprint density at radius 2 is 1.95 bits per heavy atom. The molecule has 1 aromatic rings. The Bertz CT molecular complexity index is 698. The van der Waals surface area contributed by atoms with E-state index in [1.807, 2.05) is 12.1 Å². The lowest BCUT2D eigenvalue weighted by Gasteiger charge is -2.29. The van der Waals surface area contributed by atoms with Crippen molar-refractivity contribution in [2.75, 3.05) is 13.1 Å². The molecule has 1 aromatic carbocycles. The quantitative estimate of drug-likeness (QED) is 0.627. The molecule has 0 aromatic heterocycles. The van der Waals surface area contributed by atoms with E-state index < -0.39 is 0 Å². The zero-order valence-corrected chi connectivity index (χ0v) is 13.5. The fourth-order valence-corrected chi connectivity index (χ4v) is 3.23. The number of nitrogens with one attached hydrogen (secondary N) is 1. The number of aliphatic imine (C=N–C) groups is 2. The van der Waals surface area contributed by atoms with Crippen molar-refractivity contribution in [1.29, 1.82) is 5.41 Å². The number of nitrogens with zero attached hydrogens (tertiary/aromatic N) is 4. The number of hydrogen-bond acceptors (Lipinski definition) is 4. The summed E-state index contributed by atoms with van der Waals surface area (Å²) >= 11 is 12.0. The van der Waals surface area contributed by atoms with Crippen molar-refractivity contribution in [2.45, 2.75) is 25.7 Å². The predicted molar refractivity (Wildman–Crippen MR) is 89.0 cm³/mol. The molecule has 0 radical (unpaired) electrons. The maximum absolute atomic E-state index is 7.12. The fourth-order valence-electron chi connectivity index (χ4n) is 2.91. The van der Waals surface area contributed by atoms with Gasteiger partial charge < -0.3 is 0 Å². The average molecular weight is 337 g/mol. The Morgan fingerprint density at radius 1 is 1.18 bits per heavy atom. The summed E-state index contributed by atoms with van der Waals surface area (Å²) in [6.45, 7) is 1.77. The van der Waals surface area contributed by atoms with E-state index in [-0.39, 0.29) is 0 Å². The summed E-state index contributed by atoms with van der Waals surface area (Å²) in [5, 5.41) is 13.0. The third kappa shape index (κ3) is 2.99. The van der Waals surface area contributed by atoms with Crippen molar-refractivity contribution < 1.29 is 4.59 Å². The van der Waals surface area contributed by atoms with Crippen LogP contribution < -0.4 is 0 Å². The van der Waals surface area contributed by atoms with Gasteiger partial charge in [-0.2, -0.15) is 4.99 Å². The summed E-state index contributed by atoms with van der Waals surface area (Å²) in [6.07, 6.45) is 3.97. The Labute approximate surface area is 139 Å². The van der Waals surface area contributed by atoms with E-state index in [1.54, 1.807) is 6.07 Å². The van der Waals surface area contributed by atoms with Crippen molar-refractivity contribution in [1.82, 2.24) is 0 Å². The average Bonchev–Trinajstić information content (AvgIpc) is 2.81. The minimum atomic E-state index is 0.405. The first-order valence-corrected chi connectivity index (χ1v) is 8.00. The van der Waals surface area contributed by atoms with E-state index in [0.29, 0.717) is 32.9 Å². The van der Waals surface area contributed by atoms with Crippen LogP contribution in [0.4, 0.5) is 0 Å². The number of guanidine groups is 1. The fraction of sp³-hybridized carbons (Fsp3) is 0.400. The van der Waals surface area contributed by atoms with Crippen LogP contribution in [0.1, 0.15) is 24.8 Å². The largest absolute Gasteiger partial charge is 0.367 e. The second-order valence-electron chi connectivity index (χ2n) is 5.51. The van der Waals surface area contributed by atoms with Gasteiger partial charge in [0.2, 0.25) is 0 Å². The van der Waals surface area contributed by atoms with Crippen molar-refractivity contribution in [2.24, 2.45) is 15.1 Å². The molecule has 1 saturated heterocycles. The highest BCUT2D eigenvalue weighted by Gasteiger charge is 2.42. The van der Waals surface area contributed by atoms with Gasteiger partial charge in [0.25, 0.3) is 0 Å². The molecule has 0 saturated carbocycles. The second kappa shape index (κ2) is 6.31. The SMILES string of the molecule is N=C=NC1=NC(Cc2ccc(Cl)c(Cl)c2)=N[N+]12CCCCC2. The van der Waals surface area contributed by atoms with E-state index >= 15 is 0 Å². The molecule has 0 bridgehead atoms. The normalized spacial score (nSPS) is 19.5. The minimum Gasteiger partial charge on any atom is -0.241 e. The number of benzene rings is 1. The molecule has 1 fully saturated rings. The monoisotopic (exact) mass is 336 g/mol. The van der Waals surface area contributed by atoms with Gasteiger partial charge in [0, 0.05) is 6.42 Å². The van der Waals surface area contributed by atoms with E-state index in [2.05, 4.69) is 16.0 Å². The van der Waals surface area contributed by atoms with Crippen molar-refractivity contribution in [3.8, 4) is 0 Å². The Hall–Kier alpha value is -1.52. The number of rotatable bonds is 2. The van der Waals surface area contributed by atoms with Gasteiger partial charge in [-0.3, -0.25) is 0 Å². The number of amidine groups is 1. The maximum atomic E-state index is 7.12. The molecule has 114 valence electrons. The zero-order valence-electron chi connectivity index (χ0n) is 12.0. The molecule has 0 atom stereocenters. The molecular formula is C15H16Cl2N5+. The first-order chi connectivity index (χ1) is 10.6. The van der Waals surface area contributed by atoms with Crippen LogP contribution in [0.25, 0.3) is 0 Å². The van der Waals surface area contributed by atoms with Crippen LogP contribution in [0.15, 0.2) is 33.3 Å². The van der Waals surface area contributed by atoms with Gasteiger partial charge in [0.15, 0.2) is 5.84 Å². The summed E-state index contributed by atoms with van der Waals surface area (Å²) in [7, 11) is 0. The Morgan fingerprint density at radius 3 is 2.64 bits per heavy atom. The molecule has 0 aliphatic carbocycles. The van der Waals surface area contributed by atoms with Crippen LogP contribution >= 0.6 is 23.2 Å². The van der Waals surface area contributed by atoms with E-state index in [0.717, 1.165) is 31.5 Å². The summed E-state index contributed by atoms with van der Waals surface area (Å²) in [4.78, 5) is 8.52. The third-order valence-electron chi connectivity index (χ3n) is 3.97. The summed E-state index contributed by atoms with van der Waals surface area (Å²) in [5.74, 6) is 1.29. The molecule has 2 aliphatic rings. The molecule has 0 amide bonds. The van der Waals surface area contributed by atoms with Crippen LogP contribution in [0.3, 0.4) is 0 Å². The topological polar surface area (TPSA) is 60.9 Å². The van der Waals surface area contributed by atoms with Crippen LogP contribution in [-0.4, -0.2) is 35.5 Å². The highest BCUT2D eigenvalue weighted by Crippen LogP contribution is 2.27. The second-order valence-corrected chi connectivity index (χ2v) is 6.32. The number of halogens is 2. The van der Waals surface area contributed by atoms with E-state index in [4.69, 9.17) is 33.7 Å². The highest BCUT2D eigenvalue weighted by molar-refractivity contribution is 6.42. The molecule has 2 aliphatic heterocycles. The van der Waals surface area contributed by atoms with Crippen molar-refractivity contribution >= 4 is 41.0 Å². The lowest BCUT2D eigenvalue weighted by molar-refractivity contribution is -0.852. The number of quaternary nitrogens is 1. The van der Waals surface area contributed by atoms with Gasteiger partial charge in [-0.05, 0) is 37.0 Å². The molecule has 1 spiro atoms. The molecule has 2 heterocycles. The standard InChI is InChI=1S/C15H16Cl2N5/c16-12-5-4-11(8-13(12)17)9-14-20-15(19-10-18)22(21-14)6-2-1-3-7-22/h4-5,8,18H,1-3,6-7,9H2/q+1.